The first-order valence-corrected chi connectivity index (χ1v) is 7.40. The molecule has 1 rings (SSSR count). The number of hydrogen-bond acceptors (Lipinski definition) is 5. The van der Waals surface area contributed by atoms with E-state index in [4.69, 9.17) is 19.3 Å². The lowest BCUT2D eigenvalue weighted by Crippen LogP contribution is -2.29. The van der Waals surface area contributed by atoms with Crippen LogP contribution in [0.4, 0.5) is 0 Å². The van der Waals surface area contributed by atoms with E-state index in [1.165, 1.54) is 7.11 Å². The number of hydrogen-bond donors (Lipinski definition) is 2. The van der Waals surface area contributed by atoms with Crippen LogP contribution in [-0.2, 0) is 20.8 Å². The molecule has 2 N–H and O–H groups in total. The highest BCUT2D eigenvalue weighted by Crippen LogP contribution is 2.09. The van der Waals surface area contributed by atoms with Crippen LogP contribution in [0.15, 0.2) is 42.5 Å². The maximum Gasteiger partial charge on any atom is 0.147 e. The quantitative estimate of drug-likeness (QED) is 0.482. The molecule has 0 unspecified atom stereocenters. The minimum absolute atomic E-state index is 0.0801. The minimum atomic E-state index is -0.780. The largest absolute Gasteiger partial charge is 0.396 e. The van der Waals surface area contributed by atoms with Crippen LogP contribution in [0.1, 0.15) is 18.9 Å². The molecular weight excluding hydrogens is 284 g/mol. The zero-order chi connectivity index (χ0) is 16.2. The van der Waals surface area contributed by atoms with Crippen molar-refractivity contribution in [3.63, 3.8) is 0 Å². The van der Waals surface area contributed by atoms with Crippen LogP contribution in [0.2, 0.25) is 0 Å². The van der Waals surface area contributed by atoms with Gasteiger partial charge in [0.05, 0.1) is 18.8 Å². The first-order valence-electron chi connectivity index (χ1n) is 7.40. The Labute approximate surface area is 132 Å². The van der Waals surface area contributed by atoms with Crippen LogP contribution in [0.3, 0.4) is 0 Å². The number of rotatable bonds is 11. The van der Waals surface area contributed by atoms with Crippen molar-refractivity contribution >= 4 is 0 Å². The van der Waals surface area contributed by atoms with Crippen molar-refractivity contribution in [3.8, 4) is 0 Å². The van der Waals surface area contributed by atoms with E-state index >= 15 is 0 Å². The Morgan fingerprint density at radius 1 is 1.14 bits per heavy atom. The van der Waals surface area contributed by atoms with Crippen LogP contribution in [0.25, 0.3) is 0 Å². The lowest BCUT2D eigenvalue weighted by molar-refractivity contribution is -0.0966. The molecule has 0 heterocycles. The van der Waals surface area contributed by atoms with E-state index in [-0.39, 0.29) is 25.9 Å². The Hall–Kier alpha value is -1.24. The predicted octanol–water partition coefficient (Wildman–Crippen LogP) is 1.88. The third kappa shape index (κ3) is 7.68. The van der Waals surface area contributed by atoms with E-state index in [2.05, 4.69) is 0 Å². The van der Waals surface area contributed by atoms with Gasteiger partial charge in [-0.3, -0.25) is 0 Å². The van der Waals surface area contributed by atoms with Gasteiger partial charge in [-0.05, 0) is 18.9 Å². The highest BCUT2D eigenvalue weighted by atomic mass is 16.7. The molecule has 22 heavy (non-hydrogen) atoms. The SMILES string of the molecule is COCO[C@@H](/C=C/[C@@H](C)OCc1ccccc1)[C@@H](O)CCO. The first-order chi connectivity index (χ1) is 10.7. The molecule has 3 atom stereocenters. The fraction of sp³-hybridized carbons (Fsp3) is 0.529. The molecule has 5 nitrogen and oxygen atoms in total. The van der Waals surface area contributed by atoms with Gasteiger partial charge in [0.15, 0.2) is 0 Å². The maximum absolute atomic E-state index is 9.92. The second-order valence-electron chi connectivity index (χ2n) is 5.00. The minimum Gasteiger partial charge on any atom is -0.396 e. The fourth-order valence-corrected chi connectivity index (χ4v) is 1.86. The van der Waals surface area contributed by atoms with E-state index in [1.54, 1.807) is 6.08 Å². The molecule has 0 aromatic heterocycles. The van der Waals surface area contributed by atoms with Crippen LogP contribution in [0, 0.1) is 0 Å². The van der Waals surface area contributed by atoms with Gasteiger partial charge in [0, 0.05) is 13.7 Å². The molecule has 0 aliphatic carbocycles. The van der Waals surface area contributed by atoms with Crippen molar-refractivity contribution in [2.45, 2.75) is 38.3 Å². The molecule has 0 aliphatic heterocycles. The topological polar surface area (TPSA) is 68.2 Å². The monoisotopic (exact) mass is 310 g/mol. The van der Waals surface area contributed by atoms with E-state index < -0.39 is 12.2 Å². The zero-order valence-electron chi connectivity index (χ0n) is 13.2. The first kappa shape index (κ1) is 18.8. The molecule has 0 saturated carbocycles. The smallest absolute Gasteiger partial charge is 0.147 e. The van der Waals surface area contributed by atoms with E-state index in [0.717, 1.165) is 5.56 Å². The molecule has 0 fully saturated rings. The van der Waals surface area contributed by atoms with Crippen molar-refractivity contribution in [2.24, 2.45) is 0 Å². The number of aliphatic hydroxyl groups excluding tert-OH is 2. The summed E-state index contributed by atoms with van der Waals surface area (Å²) >= 11 is 0. The number of aliphatic hydroxyl groups is 2. The molecular formula is C17H26O5. The van der Waals surface area contributed by atoms with E-state index in [1.807, 2.05) is 43.3 Å². The summed E-state index contributed by atoms with van der Waals surface area (Å²) in [5.74, 6) is 0. The molecule has 5 heteroatoms. The van der Waals surface area contributed by atoms with Crippen molar-refractivity contribution in [3.05, 3.63) is 48.0 Å². The van der Waals surface area contributed by atoms with Gasteiger partial charge in [-0.25, -0.2) is 0 Å². The second kappa shape index (κ2) is 11.3. The molecule has 0 saturated heterocycles. The summed E-state index contributed by atoms with van der Waals surface area (Å²) in [6.07, 6.45) is 2.40. The fourth-order valence-electron chi connectivity index (χ4n) is 1.86. The van der Waals surface area contributed by atoms with Gasteiger partial charge in [0.25, 0.3) is 0 Å². The van der Waals surface area contributed by atoms with Crippen molar-refractivity contribution in [1.82, 2.24) is 0 Å². The Balaban J connectivity index is 2.46. The number of benzene rings is 1. The average Bonchev–Trinajstić information content (AvgIpc) is 2.54. The van der Waals surface area contributed by atoms with E-state index in [9.17, 15) is 5.11 Å². The molecule has 0 radical (unpaired) electrons. The van der Waals surface area contributed by atoms with Crippen LogP contribution >= 0.6 is 0 Å². The molecule has 1 aromatic rings. The number of methoxy groups -OCH3 is 1. The summed E-state index contributed by atoms with van der Waals surface area (Å²) in [5.41, 5.74) is 1.11. The molecule has 1 aromatic carbocycles. The Morgan fingerprint density at radius 2 is 1.86 bits per heavy atom. The second-order valence-corrected chi connectivity index (χ2v) is 5.00. The summed E-state index contributed by atoms with van der Waals surface area (Å²) in [4.78, 5) is 0. The third-order valence-corrected chi connectivity index (χ3v) is 3.11. The van der Waals surface area contributed by atoms with Gasteiger partial charge in [-0.15, -0.1) is 0 Å². The molecule has 124 valence electrons. The Kier molecular flexibility index (Phi) is 9.70. The van der Waals surface area contributed by atoms with Gasteiger partial charge >= 0.3 is 0 Å². The summed E-state index contributed by atoms with van der Waals surface area (Å²) in [7, 11) is 1.52. The third-order valence-electron chi connectivity index (χ3n) is 3.11. The average molecular weight is 310 g/mol. The summed E-state index contributed by atoms with van der Waals surface area (Å²) in [6.45, 7) is 2.43. The summed E-state index contributed by atoms with van der Waals surface area (Å²) in [6, 6.07) is 9.92. The lowest BCUT2D eigenvalue weighted by Gasteiger charge is -2.20. The molecule has 0 amide bonds. The highest BCUT2D eigenvalue weighted by molar-refractivity contribution is 5.13. The van der Waals surface area contributed by atoms with Gasteiger partial charge in [0.1, 0.15) is 12.9 Å². The number of ether oxygens (including phenoxy) is 3. The predicted molar refractivity (Wildman–Crippen MR) is 84.3 cm³/mol. The normalized spacial score (nSPS) is 15.8. The summed E-state index contributed by atoms with van der Waals surface area (Å²) in [5, 5.41) is 18.8. The van der Waals surface area contributed by atoms with Gasteiger partial charge in [0.2, 0.25) is 0 Å². The highest BCUT2D eigenvalue weighted by Gasteiger charge is 2.16. The van der Waals surface area contributed by atoms with Gasteiger partial charge in [-0.2, -0.15) is 0 Å². The Morgan fingerprint density at radius 3 is 2.50 bits per heavy atom. The van der Waals surface area contributed by atoms with E-state index in [0.29, 0.717) is 6.61 Å². The van der Waals surface area contributed by atoms with Gasteiger partial charge < -0.3 is 24.4 Å². The molecule has 0 bridgehead atoms. The molecule has 0 aliphatic rings. The van der Waals surface area contributed by atoms with Crippen molar-refractivity contribution in [1.29, 1.82) is 0 Å². The van der Waals surface area contributed by atoms with Crippen LogP contribution in [0.5, 0.6) is 0 Å². The van der Waals surface area contributed by atoms with Gasteiger partial charge in [-0.1, -0.05) is 42.5 Å². The standard InChI is InChI=1S/C17H26O5/c1-14(21-12-15-6-4-3-5-7-15)8-9-17(22-13-20-2)16(19)10-11-18/h3-9,14,16-19H,10-13H2,1-2H3/b9-8+/t14-,16+,17+/m1/s1. The summed E-state index contributed by atoms with van der Waals surface area (Å²) < 4.78 is 16.0. The lowest BCUT2D eigenvalue weighted by atomic mass is 10.1. The van der Waals surface area contributed by atoms with Crippen LogP contribution in [-0.4, -0.2) is 49.0 Å². The van der Waals surface area contributed by atoms with Crippen molar-refractivity contribution < 1.29 is 24.4 Å². The molecule has 0 spiro atoms. The van der Waals surface area contributed by atoms with Crippen LogP contribution < -0.4 is 0 Å². The van der Waals surface area contributed by atoms with Crippen molar-refractivity contribution in [2.75, 3.05) is 20.5 Å². The Bertz CT molecular complexity index is 407. The zero-order valence-corrected chi connectivity index (χ0v) is 13.2. The maximum atomic E-state index is 9.92.